The number of rotatable bonds is 10. The Bertz CT molecular complexity index is 1300. The highest BCUT2D eigenvalue weighted by Crippen LogP contribution is 2.46. The van der Waals surface area contributed by atoms with Gasteiger partial charge in [-0.05, 0) is 85.6 Å². The van der Waals surface area contributed by atoms with Crippen molar-refractivity contribution in [3.05, 3.63) is 0 Å². The lowest BCUT2D eigenvalue weighted by molar-refractivity contribution is -0.278. The van der Waals surface area contributed by atoms with E-state index in [2.05, 4.69) is 11.9 Å². The molecule has 0 aromatic carbocycles. The van der Waals surface area contributed by atoms with Crippen molar-refractivity contribution in [1.29, 1.82) is 0 Å². The van der Waals surface area contributed by atoms with E-state index in [4.69, 9.17) is 34.2 Å². The molecule has 0 aromatic rings. The topological polar surface area (TPSA) is 200 Å². The van der Waals surface area contributed by atoms with Crippen molar-refractivity contribution in [1.82, 2.24) is 4.90 Å². The van der Waals surface area contributed by atoms with Crippen LogP contribution in [0.3, 0.4) is 0 Å². The van der Waals surface area contributed by atoms with Crippen LogP contribution in [0.2, 0.25) is 0 Å². The highest BCUT2D eigenvalue weighted by molar-refractivity contribution is 5.75. The number of carbonyl (C=O) groups is 2. The van der Waals surface area contributed by atoms with Gasteiger partial charge >= 0.3 is 5.97 Å². The highest BCUT2D eigenvalue weighted by atomic mass is 16.7. The van der Waals surface area contributed by atoms with Crippen molar-refractivity contribution in [2.24, 2.45) is 35.3 Å². The van der Waals surface area contributed by atoms with Gasteiger partial charge in [-0.25, -0.2) is 0 Å². The number of hydrogen-bond acceptors (Lipinski definition) is 13. The molecule has 1 amide bonds. The molecule has 3 aliphatic heterocycles. The standard InChI is InChI=1S/C42H76N2O12/c1-13-31-42(10,50)36(46)26(6)35(52-21-32(43)45)22(2)19-40(8,49)38(56-33-18-29(17-23(3)53-33)44(11)28-15-14-16-28)24(4)34(25(5)39(48)55-31)30-20-41(9,51-12)37(47)27(7)54-30/h22-31,33-38,46-47,49-50H,13-21H2,1-12H3,(H2,43,45)/t22-,23-,24+,25-,26+,27+,29+,30-,31-,33+,34?,35+,36-,37+,38-,40-,41-,42-/m1/s1. The molecule has 14 nitrogen and oxygen atoms in total. The Hall–Kier alpha value is -1.46. The van der Waals surface area contributed by atoms with Gasteiger partial charge in [-0.2, -0.15) is 0 Å². The average Bonchev–Trinajstić information content (AvgIpc) is 3.09. The Labute approximate surface area is 335 Å². The maximum Gasteiger partial charge on any atom is 0.309 e. The zero-order valence-electron chi connectivity index (χ0n) is 36.2. The minimum Gasteiger partial charge on any atom is -0.459 e. The number of amides is 1. The van der Waals surface area contributed by atoms with Gasteiger partial charge in [0.2, 0.25) is 5.91 Å². The summed E-state index contributed by atoms with van der Waals surface area (Å²) in [5.74, 6) is -4.75. The fourth-order valence-electron chi connectivity index (χ4n) is 10.6. The second-order valence-corrected chi connectivity index (χ2v) is 18.7. The second kappa shape index (κ2) is 18.9. The Balaban J connectivity index is 1.86. The molecule has 3 saturated heterocycles. The average molecular weight is 801 g/mol. The summed E-state index contributed by atoms with van der Waals surface area (Å²) in [7, 11) is 3.71. The quantitative estimate of drug-likeness (QED) is 0.202. The predicted molar refractivity (Wildman–Crippen MR) is 209 cm³/mol. The molecule has 14 heteroatoms. The third kappa shape index (κ3) is 10.3. The van der Waals surface area contributed by atoms with Crippen molar-refractivity contribution >= 4 is 11.9 Å². The molecule has 1 aliphatic carbocycles. The van der Waals surface area contributed by atoms with E-state index < -0.39 is 114 Å². The lowest BCUT2D eigenvalue weighted by atomic mass is 9.67. The molecular weight excluding hydrogens is 724 g/mol. The minimum atomic E-state index is -1.93. The van der Waals surface area contributed by atoms with Crippen LogP contribution in [0.4, 0.5) is 0 Å². The SMILES string of the molecule is CC[C@H]1OC(=O)[C@H](C)C([C@H]2C[C@@](C)(OC)[C@@H](O)[C@H](C)O2)[C@H](C)[C@@H](O[C@H]2C[C@@H](N(C)C3CCC3)C[C@@H](C)O2)[C@](C)(O)C[C@@H](C)[C@H](OCC(N)=O)[C@H](C)[C@@H](O)[C@]1(C)O. The number of esters is 1. The van der Waals surface area contributed by atoms with Crippen molar-refractivity contribution in [3.63, 3.8) is 0 Å². The molecular formula is C42H76N2O12. The normalized spacial score (nSPS) is 47.8. The summed E-state index contributed by atoms with van der Waals surface area (Å²) >= 11 is 0. The third-order valence-electron chi connectivity index (χ3n) is 14.2. The monoisotopic (exact) mass is 801 g/mol. The lowest BCUT2D eigenvalue weighted by Crippen LogP contribution is -2.61. The summed E-state index contributed by atoms with van der Waals surface area (Å²) in [5.41, 5.74) is 0.970. The summed E-state index contributed by atoms with van der Waals surface area (Å²) < 4.78 is 38.2. The molecule has 0 aromatic heterocycles. The van der Waals surface area contributed by atoms with Crippen LogP contribution in [-0.4, -0.2) is 142 Å². The second-order valence-electron chi connectivity index (χ2n) is 18.7. The first-order valence-electron chi connectivity index (χ1n) is 21.1. The number of hydrogen-bond donors (Lipinski definition) is 5. The van der Waals surface area contributed by atoms with Gasteiger partial charge in [0.25, 0.3) is 0 Å². The number of carbonyl (C=O) groups excluding carboxylic acids is 2. The summed E-state index contributed by atoms with van der Waals surface area (Å²) in [5, 5.41) is 47.8. The van der Waals surface area contributed by atoms with Crippen molar-refractivity contribution in [2.45, 2.75) is 205 Å². The van der Waals surface area contributed by atoms with Crippen LogP contribution in [-0.2, 0) is 38.0 Å². The van der Waals surface area contributed by atoms with E-state index in [0.29, 0.717) is 12.5 Å². The van der Waals surface area contributed by atoms with E-state index in [-0.39, 0.29) is 31.4 Å². The summed E-state index contributed by atoms with van der Waals surface area (Å²) in [6.07, 6.45) is -1.99. The van der Waals surface area contributed by atoms with Gasteiger partial charge in [0.15, 0.2) is 6.29 Å². The smallest absolute Gasteiger partial charge is 0.309 e. The van der Waals surface area contributed by atoms with Crippen LogP contribution >= 0.6 is 0 Å². The van der Waals surface area contributed by atoms with Crippen molar-refractivity contribution < 1.29 is 58.4 Å². The maximum absolute atomic E-state index is 14.5. The molecule has 4 fully saturated rings. The molecule has 1 saturated carbocycles. The molecule has 0 bridgehead atoms. The van der Waals surface area contributed by atoms with Crippen LogP contribution in [0.25, 0.3) is 0 Å². The Morgan fingerprint density at radius 2 is 1.59 bits per heavy atom. The number of nitrogens with two attached hydrogens (primary N) is 1. The number of aliphatic hydroxyl groups excluding tert-OH is 2. The number of primary amides is 1. The number of methoxy groups -OCH3 is 1. The molecule has 326 valence electrons. The van der Waals surface area contributed by atoms with Gasteiger partial charge in [0.05, 0.1) is 53.7 Å². The van der Waals surface area contributed by atoms with E-state index in [1.165, 1.54) is 13.3 Å². The van der Waals surface area contributed by atoms with E-state index in [9.17, 15) is 30.0 Å². The molecule has 4 aliphatic rings. The first-order chi connectivity index (χ1) is 26.0. The molecule has 56 heavy (non-hydrogen) atoms. The van der Waals surface area contributed by atoms with Crippen LogP contribution in [0.1, 0.15) is 121 Å². The van der Waals surface area contributed by atoms with E-state index in [0.717, 1.165) is 19.3 Å². The minimum absolute atomic E-state index is 0.0809. The Kier molecular flexibility index (Phi) is 15.9. The largest absolute Gasteiger partial charge is 0.459 e. The zero-order valence-corrected chi connectivity index (χ0v) is 36.2. The molecule has 0 spiro atoms. The molecule has 6 N–H and O–H groups in total. The Morgan fingerprint density at radius 1 is 0.946 bits per heavy atom. The fraction of sp³-hybridized carbons (Fsp3) is 0.952. The lowest BCUT2D eigenvalue weighted by Gasteiger charge is -2.52. The van der Waals surface area contributed by atoms with Crippen LogP contribution in [0, 0.1) is 29.6 Å². The number of cyclic esters (lactones) is 1. The van der Waals surface area contributed by atoms with Gasteiger partial charge in [-0.1, -0.05) is 41.0 Å². The number of nitrogens with zero attached hydrogens (tertiary/aromatic N) is 1. The van der Waals surface area contributed by atoms with Gasteiger partial charge in [0.1, 0.15) is 24.4 Å². The van der Waals surface area contributed by atoms with Crippen LogP contribution in [0.5, 0.6) is 0 Å². The Morgan fingerprint density at radius 3 is 2.14 bits per heavy atom. The van der Waals surface area contributed by atoms with Gasteiger partial charge in [-0.3, -0.25) is 9.59 Å². The summed E-state index contributed by atoms with van der Waals surface area (Å²) in [6, 6.07) is 0.716. The zero-order chi connectivity index (χ0) is 42.1. The third-order valence-corrected chi connectivity index (χ3v) is 14.2. The van der Waals surface area contributed by atoms with E-state index >= 15 is 0 Å². The van der Waals surface area contributed by atoms with E-state index in [1.807, 2.05) is 27.7 Å². The summed E-state index contributed by atoms with van der Waals surface area (Å²) in [6.45, 7) is 17.3. The van der Waals surface area contributed by atoms with Crippen molar-refractivity contribution in [2.75, 3.05) is 20.8 Å². The first kappa shape index (κ1) is 47.2. The number of ether oxygens (including phenoxy) is 6. The number of aliphatic hydroxyl groups is 4. The maximum atomic E-state index is 14.5. The van der Waals surface area contributed by atoms with Crippen molar-refractivity contribution in [3.8, 4) is 0 Å². The van der Waals surface area contributed by atoms with Crippen LogP contribution in [0.15, 0.2) is 0 Å². The van der Waals surface area contributed by atoms with Gasteiger partial charge < -0.3 is 59.5 Å². The fourth-order valence-corrected chi connectivity index (χ4v) is 10.6. The molecule has 1 unspecified atom stereocenters. The molecule has 3 heterocycles. The molecule has 4 rings (SSSR count). The van der Waals surface area contributed by atoms with Crippen LogP contribution < -0.4 is 5.73 Å². The van der Waals surface area contributed by atoms with E-state index in [1.54, 1.807) is 41.7 Å². The van der Waals surface area contributed by atoms with Gasteiger partial charge in [0, 0.05) is 43.9 Å². The van der Waals surface area contributed by atoms with Gasteiger partial charge in [-0.15, -0.1) is 0 Å². The molecule has 18 atom stereocenters. The highest BCUT2D eigenvalue weighted by Gasteiger charge is 2.55. The summed E-state index contributed by atoms with van der Waals surface area (Å²) in [4.78, 5) is 28.9. The first-order valence-corrected chi connectivity index (χ1v) is 21.1. The predicted octanol–water partition coefficient (Wildman–Crippen LogP) is 3.31. The molecule has 0 radical (unpaired) electrons.